The summed E-state index contributed by atoms with van der Waals surface area (Å²) < 4.78 is 5.46. The molecule has 13 heteroatoms. The van der Waals surface area contributed by atoms with Gasteiger partial charge in [-0.3, -0.25) is 29.5 Å². The number of imide groups is 1. The van der Waals surface area contributed by atoms with Gasteiger partial charge in [-0.25, -0.2) is 9.78 Å². The van der Waals surface area contributed by atoms with Crippen LogP contribution in [0, 0.1) is 0 Å². The first-order valence-corrected chi connectivity index (χ1v) is 13.3. The highest BCUT2D eigenvalue weighted by Crippen LogP contribution is 2.23. The third kappa shape index (κ3) is 9.15. The standard InChI is InChI=1S/C28H36N6O7/c1-28(2,3)41-27(40)21-10-7-13-34(21)26(39)23(36)19(14-17-8-5-4-6-9-17)32-24(37)18(29)15-22(35)33-25(38)20-16-30-11-12-31-20/h4-6,8-9,11-12,16,18-19,21,23,36H,7,10,13-15,29H2,1-3H3,(H,32,37)(H,33,35,38)/t18-,19?,21-,23?/m0/s1. The van der Waals surface area contributed by atoms with E-state index in [0.29, 0.717) is 12.8 Å². The molecule has 4 amide bonds. The highest BCUT2D eigenvalue weighted by atomic mass is 16.6. The maximum Gasteiger partial charge on any atom is 0.329 e. The highest BCUT2D eigenvalue weighted by Gasteiger charge is 2.41. The second-order valence-electron chi connectivity index (χ2n) is 10.8. The molecular formula is C28H36N6O7. The Labute approximate surface area is 237 Å². The van der Waals surface area contributed by atoms with E-state index in [4.69, 9.17) is 10.5 Å². The molecule has 5 N–H and O–H groups in total. The maximum atomic E-state index is 13.4. The number of nitrogens with two attached hydrogens (primary N) is 1. The van der Waals surface area contributed by atoms with Crippen LogP contribution >= 0.6 is 0 Å². The summed E-state index contributed by atoms with van der Waals surface area (Å²) in [6.45, 7) is 5.41. The van der Waals surface area contributed by atoms with E-state index in [1.54, 1.807) is 51.1 Å². The largest absolute Gasteiger partial charge is 0.458 e. The van der Waals surface area contributed by atoms with E-state index in [0.717, 1.165) is 5.56 Å². The third-order valence-electron chi connectivity index (χ3n) is 6.27. The number of hydrogen-bond acceptors (Lipinski definition) is 10. The van der Waals surface area contributed by atoms with Crippen LogP contribution < -0.4 is 16.4 Å². The monoisotopic (exact) mass is 568 g/mol. The number of carbonyl (C=O) groups excluding carboxylic acids is 5. The van der Waals surface area contributed by atoms with Crippen LogP contribution in [0.3, 0.4) is 0 Å². The number of nitrogens with one attached hydrogen (secondary N) is 2. The van der Waals surface area contributed by atoms with Crippen molar-refractivity contribution in [3.05, 3.63) is 60.2 Å². The molecule has 0 bridgehead atoms. The lowest BCUT2D eigenvalue weighted by Crippen LogP contribution is -2.57. The van der Waals surface area contributed by atoms with E-state index in [1.165, 1.54) is 23.5 Å². The van der Waals surface area contributed by atoms with Crippen molar-refractivity contribution >= 4 is 29.6 Å². The fourth-order valence-corrected chi connectivity index (χ4v) is 4.34. The molecule has 2 aromatic rings. The highest BCUT2D eigenvalue weighted by molar-refractivity contribution is 6.04. The Balaban J connectivity index is 1.69. The lowest BCUT2D eigenvalue weighted by Gasteiger charge is -2.31. The van der Waals surface area contributed by atoms with Gasteiger partial charge in [0.05, 0.1) is 24.7 Å². The first-order valence-electron chi connectivity index (χ1n) is 13.3. The summed E-state index contributed by atoms with van der Waals surface area (Å²) >= 11 is 0. The van der Waals surface area contributed by atoms with Gasteiger partial charge in [-0.1, -0.05) is 30.3 Å². The van der Waals surface area contributed by atoms with Gasteiger partial charge in [0, 0.05) is 18.9 Å². The number of ether oxygens (including phenoxy) is 1. The molecule has 1 aromatic carbocycles. The quantitative estimate of drug-likeness (QED) is 0.281. The number of carbonyl (C=O) groups is 5. The van der Waals surface area contributed by atoms with E-state index >= 15 is 0 Å². The summed E-state index contributed by atoms with van der Waals surface area (Å²) in [5.74, 6) is -3.74. The zero-order chi connectivity index (χ0) is 30.2. The molecule has 1 fully saturated rings. The Bertz CT molecular complexity index is 1240. The number of nitrogens with zero attached hydrogens (tertiary/aromatic N) is 3. The first-order chi connectivity index (χ1) is 19.4. The summed E-state index contributed by atoms with van der Waals surface area (Å²) in [4.78, 5) is 72.4. The van der Waals surface area contributed by atoms with Crippen molar-refractivity contribution in [3.63, 3.8) is 0 Å². The topological polar surface area (TPSA) is 194 Å². The maximum absolute atomic E-state index is 13.4. The number of aliphatic hydroxyl groups excluding tert-OH is 1. The predicted octanol–water partition coefficient (Wildman–Crippen LogP) is -0.128. The number of esters is 1. The van der Waals surface area contributed by atoms with Crippen molar-refractivity contribution in [2.24, 2.45) is 5.73 Å². The number of amides is 4. The third-order valence-corrected chi connectivity index (χ3v) is 6.27. The molecule has 2 heterocycles. The second kappa shape index (κ2) is 13.9. The van der Waals surface area contributed by atoms with E-state index in [2.05, 4.69) is 20.6 Å². The van der Waals surface area contributed by atoms with Gasteiger partial charge in [0.1, 0.15) is 17.3 Å². The molecule has 220 valence electrons. The predicted molar refractivity (Wildman–Crippen MR) is 146 cm³/mol. The Kier molecular flexibility index (Phi) is 10.6. The van der Waals surface area contributed by atoms with Gasteiger partial charge in [-0.15, -0.1) is 0 Å². The van der Waals surface area contributed by atoms with Gasteiger partial charge in [0.25, 0.3) is 11.8 Å². The van der Waals surface area contributed by atoms with Crippen LogP contribution in [-0.2, 0) is 30.3 Å². The van der Waals surface area contributed by atoms with Crippen LogP contribution in [0.1, 0.15) is 56.1 Å². The molecule has 2 unspecified atom stereocenters. The van der Waals surface area contributed by atoms with Crippen molar-refractivity contribution in [2.45, 2.75) is 76.3 Å². The molecule has 1 aliphatic rings. The number of aliphatic hydroxyl groups is 1. The zero-order valence-electron chi connectivity index (χ0n) is 23.3. The minimum Gasteiger partial charge on any atom is -0.458 e. The van der Waals surface area contributed by atoms with Gasteiger partial charge >= 0.3 is 5.97 Å². The van der Waals surface area contributed by atoms with Crippen molar-refractivity contribution in [2.75, 3.05) is 6.54 Å². The first kappa shape index (κ1) is 31.3. The van der Waals surface area contributed by atoms with Gasteiger partial charge in [0.2, 0.25) is 11.8 Å². The summed E-state index contributed by atoms with van der Waals surface area (Å²) in [5, 5.41) is 15.8. The van der Waals surface area contributed by atoms with Gasteiger partial charge in [0.15, 0.2) is 6.10 Å². The molecular weight excluding hydrogens is 532 g/mol. The zero-order valence-corrected chi connectivity index (χ0v) is 23.3. The van der Waals surface area contributed by atoms with Crippen LogP contribution in [0.5, 0.6) is 0 Å². The summed E-state index contributed by atoms with van der Waals surface area (Å²) in [5.41, 5.74) is 5.82. The van der Waals surface area contributed by atoms with Crippen LogP contribution in [0.4, 0.5) is 0 Å². The number of rotatable bonds is 10. The number of hydrogen-bond donors (Lipinski definition) is 4. The smallest absolute Gasteiger partial charge is 0.329 e. The molecule has 0 spiro atoms. The normalized spacial score (nSPS) is 17.2. The summed E-state index contributed by atoms with van der Waals surface area (Å²) in [6.07, 6.45) is 2.56. The van der Waals surface area contributed by atoms with Crippen LogP contribution in [0.25, 0.3) is 0 Å². The molecule has 0 radical (unpaired) electrons. The second-order valence-corrected chi connectivity index (χ2v) is 10.8. The van der Waals surface area contributed by atoms with Gasteiger partial charge in [-0.2, -0.15) is 0 Å². The fourth-order valence-electron chi connectivity index (χ4n) is 4.34. The molecule has 1 aliphatic heterocycles. The summed E-state index contributed by atoms with van der Waals surface area (Å²) in [7, 11) is 0. The number of aromatic nitrogens is 2. The molecule has 4 atom stereocenters. The minimum atomic E-state index is -1.72. The Hall–Kier alpha value is -4.23. The Morgan fingerprint density at radius 2 is 1.85 bits per heavy atom. The average Bonchev–Trinajstić information content (AvgIpc) is 3.42. The van der Waals surface area contributed by atoms with Gasteiger partial charge < -0.3 is 25.8 Å². The molecule has 3 rings (SSSR count). The van der Waals surface area contributed by atoms with Crippen molar-refractivity contribution < 1.29 is 33.8 Å². The molecule has 0 saturated carbocycles. The average molecular weight is 569 g/mol. The molecule has 13 nitrogen and oxygen atoms in total. The van der Waals surface area contributed by atoms with E-state index in [-0.39, 0.29) is 18.7 Å². The van der Waals surface area contributed by atoms with Crippen molar-refractivity contribution in [1.82, 2.24) is 25.5 Å². The summed E-state index contributed by atoms with van der Waals surface area (Å²) in [6, 6.07) is 5.48. The lowest BCUT2D eigenvalue weighted by atomic mass is 9.99. The fraction of sp³-hybridized carbons (Fsp3) is 0.464. The van der Waals surface area contributed by atoms with Crippen LogP contribution in [-0.4, -0.2) is 85.9 Å². The van der Waals surface area contributed by atoms with Crippen LogP contribution in [0.2, 0.25) is 0 Å². The van der Waals surface area contributed by atoms with Crippen molar-refractivity contribution in [3.8, 4) is 0 Å². The SMILES string of the molecule is CC(C)(C)OC(=O)[C@@H]1CCCN1C(=O)C(O)C(Cc1ccccc1)NC(=O)[C@@H](N)CC(=O)NC(=O)c1cnccn1. The van der Waals surface area contributed by atoms with Gasteiger partial charge in [-0.05, 0) is 45.6 Å². The molecule has 1 saturated heterocycles. The Morgan fingerprint density at radius 1 is 1.15 bits per heavy atom. The minimum absolute atomic E-state index is 0.0640. The van der Waals surface area contributed by atoms with Crippen molar-refractivity contribution in [1.29, 1.82) is 0 Å². The van der Waals surface area contributed by atoms with E-state index < -0.39 is 65.8 Å². The molecule has 41 heavy (non-hydrogen) atoms. The molecule has 1 aromatic heterocycles. The number of benzene rings is 1. The van der Waals surface area contributed by atoms with Crippen LogP contribution in [0.15, 0.2) is 48.9 Å². The van der Waals surface area contributed by atoms with E-state index in [9.17, 15) is 29.1 Å². The van der Waals surface area contributed by atoms with E-state index in [1.807, 2.05) is 0 Å². The number of likely N-dealkylation sites (tertiary alicyclic amines) is 1. The lowest BCUT2D eigenvalue weighted by molar-refractivity contribution is -0.165. The Morgan fingerprint density at radius 3 is 2.49 bits per heavy atom. The molecule has 0 aliphatic carbocycles.